The third kappa shape index (κ3) is 3.91. The molecule has 0 bridgehead atoms. The van der Waals surface area contributed by atoms with Crippen LogP contribution in [0.15, 0.2) is 12.7 Å². The molecular formula is C9H12O. The lowest BCUT2D eigenvalue weighted by molar-refractivity contribution is -0.108. The Morgan fingerprint density at radius 3 is 2.80 bits per heavy atom. The molecule has 0 spiro atoms. The van der Waals surface area contributed by atoms with Gasteiger partial charge >= 0.3 is 0 Å². The molecule has 1 unspecified atom stereocenters. The summed E-state index contributed by atoms with van der Waals surface area (Å²) in [4.78, 5) is 9.94. The number of rotatable bonds is 5. The molecule has 54 valence electrons. The van der Waals surface area contributed by atoms with E-state index in [0.717, 1.165) is 19.1 Å². The molecule has 0 amide bonds. The molecule has 0 aromatic rings. The minimum absolute atomic E-state index is 0.197. The van der Waals surface area contributed by atoms with Gasteiger partial charge in [0.15, 0.2) is 0 Å². The maximum atomic E-state index is 9.94. The van der Waals surface area contributed by atoms with E-state index < -0.39 is 0 Å². The zero-order chi connectivity index (χ0) is 7.82. The molecule has 10 heavy (non-hydrogen) atoms. The van der Waals surface area contributed by atoms with E-state index in [2.05, 4.69) is 12.5 Å². The maximum absolute atomic E-state index is 9.94. The summed E-state index contributed by atoms with van der Waals surface area (Å²) in [7, 11) is 0. The van der Waals surface area contributed by atoms with E-state index in [0.29, 0.717) is 6.42 Å². The van der Waals surface area contributed by atoms with Crippen LogP contribution in [0.5, 0.6) is 0 Å². The van der Waals surface area contributed by atoms with Crippen molar-refractivity contribution < 1.29 is 4.79 Å². The topological polar surface area (TPSA) is 17.1 Å². The third-order valence-corrected chi connectivity index (χ3v) is 1.32. The molecule has 1 heteroatoms. The van der Waals surface area contributed by atoms with Crippen LogP contribution in [0.1, 0.15) is 19.3 Å². The highest BCUT2D eigenvalue weighted by Crippen LogP contribution is 2.08. The van der Waals surface area contributed by atoms with Crippen LogP contribution < -0.4 is 0 Å². The molecule has 0 aromatic carbocycles. The molecule has 0 aliphatic carbocycles. The number of carbonyl (C=O) groups is 1. The highest BCUT2D eigenvalue weighted by Gasteiger charge is 1.99. The molecule has 0 aromatic heterocycles. The van der Waals surface area contributed by atoms with Crippen molar-refractivity contribution in [3.05, 3.63) is 12.7 Å². The van der Waals surface area contributed by atoms with E-state index in [-0.39, 0.29) is 5.92 Å². The van der Waals surface area contributed by atoms with Gasteiger partial charge in [-0.2, -0.15) is 0 Å². The zero-order valence-electron chi connectivity index (χ0n) is 6.05. The summed E-state index contributed by atoms with van der Waals surface area (Å²) in [6.07, 6.45) is 10.0. The molecule has 1 nitrogen and oxygen atoms in total. The summed E-state index contributed by atoms with van der Waals surface area (Å²) in [5, 5.41) is 0. The highest BCUT2D eigenvalue weighted by molar-refractivity contribution is 5.49. The first-order valence-corrected chi connectivity index (χ1v) is 3.35. The normalized spacial score (nSPS) is 11.5. The van der Waals surface area contributed by atoms with E-state index in [1.54, 1.807) is 6.08 Å². The lowest BCUT2D eigenvalue weighted by Crippen LogP contribution is -1.94. The number of terminal acetylenes is 1. The predicted molar refractivity (Wildman–Crippen MR) is 42.4 cm³/mol. The monoisotopic (exact) mass is 136 g/mol. The summed E-state index contributed by atoms with van der Waals surface area (Å²) in [6, 6.07) is 0. The Bertz CT molecular complexity index is 141. The molecule has 0 rings (SSSR count). The minimum atomic E-state index is 0.197. The van der Waals surface area contributed by atoms with Crippen LogP contribution in [0.25, 0.3) is 0 Å². The first kappa shape index (κ1) is 8.97. The first-order valence-electron chi connectivity index (χ1n) is 3.35. The first-order chi connectivity index (χ1) is 4.85. The van der Waals surface area contributed by atoms with E-state index in [9.17, 15) is 4.79 Å². The average Bonchev–Trinajstić information content (AvgIpc) is 1.98. The lowest BCUT2D eigenvalue weighted by Gasteiger charge is -2.02. The van der Waals surface area contributed by atoms with Gasteiger partial charge < -0.3 is 4.79 Å². The van der Waals surface area contributed by atoms with Crippen LogP contribution in [0.4, 0.5) is 0 Å². The fourth-order valence-electron chi connectivity index (χ4n) is 0.740. The summed E-state index contributed by atoms with van der Waals surface area (Å²) in [5.41, 5.74) is 0. The Morgan fingerprint density at radius 2 is 2.40 bits per heavy atom. The Balaban J connectivity index is 3.51. The second-order valence-corrected chi connectivity index (χ2v) is 2.13. The van der Waals surface area contributed by atoms with E-state index in [1.165, 1.54) is 0 Å². The molecule has 0 radical (unpaired) electrons. The van der Waals surface area contributed by atoms with Crippen molar-refractivity contribution in [3.63, 3.8) is 0 Å². The van der Waals surface area contributed by atoms with Gasteiger partial charge in [-0.1, -0.05) is 6.08 Å². The van der Waals surface area contributed by atoms with Crippen LogP contribution in [0, 0.1) is 18.3 Å². The molecule has 0 N–H and O–H groups in total. The van der Waals surface area contributed by atoms with E-state index >= 15 is 0 Å². The highest BCUT2D eigenvalue weighted by atomic mass is 16.1. The minimum Gasteiger partial charge on any atom is -0.303 e. The van der Waals surface area contributed by atoms with Crippen LogP contribution >= 0.6 is 0 Å². The number of allylic oxidation sites excluding steroid dienone is 1. The van der Waals surface area contributed by atoms with Gasteiger partial charge in [-0.05, 0) is 12.8 Å². The van der Waals surface area contributed by atoms with Gasteiger partial charge in [0.1, 0.15) is 6.29 Å². The van der Waals surface area contributed by atoms with Gasteiger partial charge in [0, 0.05) is 12.3 Å². The Hall–Kier alpha value is -1.03. The number of hydrogen-bond donors (Lipinski definition) is 0. The molecule has 1 atom stereocenters. The van der Waals surface area contributed by atoms with Gasteiger partial charge in [0.2, 0.25) is 0 Å². The third-order valence-electron chi connectivity index (χ3n) is 1.32. The molecule has 0 aliphatic heterocycles. The van der Waals surface area contributed by atoms with Gasteiger partial charge in [0.05, 0.1) is 0 Å². The number of carbonyl (C=O) groups excluding carboxylic acids is 1. The van der Waals surface area contributed by atoms with Crippen LogP contribution in [-0.4, -0.2) is 6.29 Å². The van der Waals surface area contributed by atoms with Crippen molar-refractivity contribution in [3.8, 4) is 12.3 Å². The smallest absolute Gasteiger partial charge is 0.120 e. The van der Waals surface area contributed by atoms with Crippen LogP contribution in [0.2, 0.25) is 0 Å². The second-order valence-electron chi connectivity index (χ2n) is 2.13. The van der Waals surface area contributed by atoms with Gasteiger partial charge in [0.25, 0.3) is 0 Å². The summed E-state index contributed by atoms with van der Waals surface area (Å²) >= 11 is 0. The molecule has 0 saturated heterocycles. The number of aldehydes is 1. The standard InChI is InChI=1S/C9H12O/c1-3-6-9(4-2)7-5-8-10/h2-3,8-9H,1,5-7H2. The molecule has 0 heterocycles. The van der Waals surface area contributed by atoms with Crippen molar-refractivity contribution in [2.24, 2.45) is 5.92 Å². The van der Waals surface area contributed by atoms with Gasteiger partial charge in [-0.15, -0.1) is 18.9 Å². The molecule has 0 saturated carbocycles. The molecular weight excluding hydrogens is 124 g/mol. The largest absolute Gasteiger partial charge is 0.303 e. The van der Waals surface area contributed by atoms with Crippen molar-refractivity contribution in [2.75, 3.05) is 0 Å². The quantitative estimate of drug-likeness (QED) is 0.320. The van der Waals surface area contributed by atoms with Gasteiger partial charge in [-0.25, -0.2) is 0 Å². The van der Waals surface area contributed by atoms with Crippen molar-refractivity contribution in [1.82, 2.24) is 0 Å². The Labute approximate surface area is 62.1 Å². The van der Waals surface area contributed by atoms with E-state index in [4.69, 9.17) is 6.42 Å². The van der Waals surface area contributed by atoms with Crippen molar-refractivity contribution in [2.45, 2.75) is 19.3 Å². The van der Waals surface area contributed by atoms with Crippen molar-refractivity contribution in [1.29, 1.82) is 0 Å². The number of hydrogen-bond acceptors (Lipinski definition) is 1. The van der Waals surface area contributed by atoms with Crippen LogP contribution in [-0.2, 0) is 4.79 Å². The summed E-state index contributed by atoms with van der Waals surface area (Å²) in [5.74, 6) is 2.80. The molecule has 0 fully saturated rings. The summed E-state index contributed by atoms with van der Waals surface area (Å²) < 4.78 is 0. The summed E-state index contributed by atoms with van der Waals surface area (Å²) in [6.45, 7) is 3.57. The predicted octanol–water partition coefficient (Wildman–Crippen LogP) is 1.79. The zero-order valence-corrected chi connectivity index (χ0v) is 6.05. The average molecular weight is 136 g/mol. The Kier molecular flexibility index (Phi) is 5.47. The Morgan fingerprint density at radius 1 is 1.70 bits per heavy atom. The fraction of sp³-hybridized carbons (Fsp3) is 0.444. The van der Waals surface area contributed by atoms with Gasteiger partial charge in [-0.3, -0.25) is 0 Å². The second kappa shape index (κ2) is 6.10. The maximum Gasteiger partial charge on any atom is 0.120 e. The van der Waals surface area contributed by atoms with Crippen LogP contribution in [0.3, 0.4) is 0 Å². The lowest BCUT2D eigenvalue weighted by atomic mass is 10.0. The SMILES string of the molecule is C#CC(CC=C)CCC=O. The molecule has 0 aliphatic rings. The van der Waals surface area contributed by atoms with Crippen molar-refractivity contribution >= 4 is 6.29 Å². The van der Waals surface area contributed by atoms with E-state index in [1.807, 2.05) is 0 Å². The fourth-order valence-corrected chi connectivity index (χ4v) is 0.740.